The number of nitrogens with two attached hydrogens (primary N) is 1. The summed E-state index contributed by atoms with van der Waals surface area (Å²) in [6, 6.07) is -0.476. The first-order valence-electron chi connectivity index (χ1n) is 11.5. The second-order valence-electron chi connectivity index (χ2n) is 8.24. The molecule has 3 nitrogen and oxygen atoms in total. The number of esters is 1. The molecule has 0 amide bonds. The predicted octanol–water partition coefficient (Wildman–Crippen LogP) is 6.77. The van der Waals surface area contributed by atoms with Crippen LogP contribution in [-0.4, -0.2) is 18.6 Å². The number of rotatable bonds is 19. The normalized spacial score (nSPS) is 12.5. The van der Waals surface area contributed by atoms with Gasteiger partial charge in [-0.3, -0.25) is 4.79 Å². The zero-order chi connectivity index (χ0) is 19.5. The van der Waals surface area contributed by atoms with E-state index < -0.39 is 6.04 Å². The molecule has 3 heteroatoms. The predicted molar refractivity (Wildman–Crippen MR) is 113 cm³/mol. The zero-order valence-electron chi connectivity index (χ0n) is 18.1. The number of hydrogen-bond acceptors (Lipinski definition) is 3. The van der Waals surface area contributed by atoms with Crippen LogP contribution in [0.3, 0.4) is 0 Å². The Morgan fingerprint density at radius 3 is 1.38 bits per heavy atom. The maximum Gasteiger partial charge on any atom is 0.323 e. The van der Waals surface area contributed by atoms with Crippen LogP contribution < -0.4 is 5.73 Å². The highest BCUT2D eigenvalue weighted by Crippen LogP contribution is 2.13. The summed E-state index contributed by atoms with van der Waals surface area (Å²) in [6.45, 7) is 6.70. The molecule has 26 heavy (non-hydrogen) atoms. The third kappa shape index (κ3) is 16.9. The Morgan fingerprint density at radius 1 is 0.692 bits per heavy atom. The summed E-state index contributed by atoms with van der Waals surface area (Å²) in [6.07, 6.45) is 21.6. The van der Waals surface area contributed by atoms with Gasteiger partial charge in [0.05, 0.1) is 6.61 Å². The molecule has 0 aliphatic rings. The van der Waals surface area contributed by atoms with Gasteiger partial charge >= 0.3 is 5.97 Å². The largest absolute Gasteiger partial charge is 0.465 e. The number of carbonyl (C=O) groups is 1. The van der Waals surface area contributed by atoms with E-state index in [2.05, 4.69) is 6.92 Å². The van der Waals surface area contributed by atoms with E-state index in [1.54, 1.807) is 0 Å². The van der Waals surface area contributed by atoms with E-state index in [1.165, 1.54) is 89.9 Å². The fourth-order valence-electron chi connectivity index (χ4n) is 3.19. The van der Waals surface area contributed by atoms with E-state index >= 15 is 0 Å². The minimum atomic E-state index is -0.476. The van der Waals surface area contributed by atoms with Crippen molar-refractivity contribution in [1.29, 1.82) is 0 Å². The minimum Gasteiger partial charge on any atom is -0.465 e. The molecule has 0 heterocycles. The summed E-state index contributed by atoms with van der Waals surface area (Å²) < 4.78 is 5.22. The Kier molecular flexibility index (Phi) is 18.8. The molecule has 0 fully saturated rings. The molecule has 0 aliphatic carbocycles. The summed E-state index contributed by atoms with van der Waals surface area (Å²) in [4.78, 5) is 11.6. The first-order chi connectivity index (χ1) is 12.6. The van der Waals surface area contributed by atoms with Gasteiger partial charge in [0.25, 0.3) is 0 Å². The summed E-state index contributed by atoms with van der Waals surface area (Å²) in [5.74, 6) is -0.103. The van der Waals surface area contributed by atoms with Gasteiger partial charge in [-0.15, -0.1) is 0 Å². The van der Waals surface area contributed by atoms with Crippen molar-refractivity contribution in [3.05, 3.63) is 0 Å². The first kappa shape index (κ1) is 25.4. The lowest BCUT2D eigenvalue weighted by Crippen LogP contribution is -2.37. The summed E-state index contributed by atoms with van der Waals surface area (Å²) >= 11 is 0. The fraction of sp³-hybridized carbons (Fsp3) is 0.957. The molecule has 0 spiro atoms. The van der Waals surface area contributed by atoms with Crippen molar-refractivity contribution in [3.63, 3.8) is 0 Å². The van der Waals surface area contributed by atoms with Crippen molar-refractivity contribution >= 4 is 5.97 Å². The first-order valence-corrected chi connectivity index (χ1v) is 11.5. The maximum absolute atomic E-state index is 11.6. The van der Waals surface area contributed by atoms with Crippen molar-refractivity contribution in [2.45, 2.75) is 130 Å². The van der Waals surface area contributed by atoms with Crippen LogP contribution in [0.25, 0.3) is 0 Å². The van der Waals surface area contributed by atoms with E-state index in [1.807, 2.05) is 13.8 Å². The maximum atomic E-state index is 11.6. The van der Waals surface area contributed by atoms with Crippen molar-refractivity contribution < 1.29 is 9.53 Å². The lowest BCUT2D eigenvalue weighted by Gasteiger charge is -2.14. The molecular weight excluding hydrogens is 322 g/mol. The highest BCUT2D eigenvalue weighted by molar-refractivity contribution is 5.75. The highest BCUT2D eigenvalue weighted by Gasteiger charge is 2.18. The molecule has 156 valence electrons. The minimum absolute atomic E-state index is 0.147. The van der Waals surface area contributed by atoms with Crippen molar-refractivity contribution in [2.75, 3.05) is 6.61 Å². The van der Waals surface area contributed by atoms with Gasteiger partial charge in [-0.25, -0.2) is 0 Å². The quantitative estimate of drug-likeness (QED) is 0.202. The van der Waals surface area contributed by atoms with Gasteiger partial charge < -0.3 is 10.5 Å². The lowest BCUT2D eigenvalue weighted by atomic mass is 10.0. The second kappa shape index (κ2) is 19.2. The SMILES string of the molecule is CCCCCCCCCCCCCCCCCCOC(=O)[C@@H](N)C(C)C. The Bertz CT molecular complexity index is 305. The number of hydrogen-bond donors (Lipinski definition) is 1. The molecule has 0 bridgehead atoms. The average molecular weight is 370 g/mol. The van der Waals surface area contributed by atoms with E-state index in [0.29, 0.717) is 6.61 Å². The Hall–Kier alpha value is -0.570. The Labute approximate surface area is 163 Å². The molecule has 0 aromatic carbocycles. The van der Waals surface area contributed by atoms with Gasteiger partial charge in [0, 0.05) is 0 Å². The third-order valence-corrected chi connectivity index (χ3v) is 5.23. The molecule has 2 N–H and O–H groups in total. The summed E-state index contributed by atoms with van der Waals surface area (Å²) in [5, 5.41) is 0. The fourth-order valence-corrected chi connectivity index (χ4v) is 3.19. The molecule has 0 rings (SSSR count). The van der Waals surface area contributed by atoms with E-state index in [9.17, 15) is 4.79 Å². The number of ether oxygens (including phenoxy) is 1. The van der Waals surface area contributed by atoms with Gasteiger partial charge in [0.15, 0.2) is 0 Å². The standard InChI is InChI=1S/C23H47NO2/c1-4-5-6-7-8-9-10-11-12-13-14-15-16-17-18-19-20-26-23(25)22(24)21(2)3/h21-22H,4-20,24H2,1-3H3/t22-/m0/s1. The Morgan fingerprint density at radius 2 is 1.04 bits per heavy atom. The molecule has 0 aromatic heterocycles. The molecule has 0 saturated heterocycles. The third-order valence-electron chi connectivity index (χ3n) is 5.23. The topological polar surface area (TPSA) is 52.3 Å². The van der Waals surface area contributed by atoms with Crippen LogP contribution in [0.5, 0.6) is 0 Å². The summed E-state index contributed by atoms with van der Waals surface area (Å²) in [5.41, 5.74) is 5.76. The summed E-state index contributed by atoms with van der Waals surface area (Å²) in [7, 11) is 0. The van der Waals surface area contributed by atoms with Crippen LogP contribution >= 0.6 is 0 Å². The monoisotopic (exact) mass is 369 g/mol. The van der Waals surface area contributed by atoms with Gasteiger partial charge in [-0.05, 0) is 12.3 Å². The van der Waals surface area contributed by atoms with Crippen molar-refractivity contribution in [1.82, 2.24) is 0 Å². The van der Waals surface area contributed by atoms with E-state index in [0.717, 1.165) is 12.8 Å². The Balaban J connectivity index is 3.15. The van der Waals surface area contributed by atoms with Crippen LogP contribution in [0.2, 0.25) is 0 Å². The van der Waals surface area contributed by atoms with Gasteiger partial charge in [0.2, 0.25) is 0 Å². The van der Waals surface area contributed by atoms with Gasteiger partial charge in [0.1, 0.15) is 6.04 Å². The van der Waals surface area contributed by atoms with Crippen molar-refractivity contribution in [2.24, 2.45) is 11.7 Å². The highest BCUT2D eigenvalue weighted by atomic mass is 16.5. The zero-order valence-corrected chi connectivity index (χ0v) is 18.1. The van der Waals surface area contributed by atoms with Crippen LogP contribution in [0.1, 0.15) is 124 Å². The number of carbonyl (C=O) groups excluding carboxylic acids is 1. The molecule has 0 unspecified atom stereocenters. The second-order valence-corrected chi connectivity index (χ2v) is 8.24. The van der Waals surface area contributed by atoms with E-state index in [4.69, 9.17) is 10.5 Å². The number of unbranched alkanes of at least 4 members (excludes halogenated alkanes) is 15. The van der Waals surface area contributed by atoms with Crippen LogP contribution in [-0.2, 0) is 9.53 Å². The van der Waals surface area contributed by atoms with Crippen LogP contribution in [0.4, 0.5) is 0 Å². The average Bonchev–Trinajstić information content (AvgIpc) is 2.63. The smallest absolute Gasteiger partial charge is 0.323 e. The lowest BCUT2D eigenvalue weighted by molar-refractivity contribution is -0.146. The molecule has 0 aromatic rings. The van der Waals surface area contributed by atoms with Gasteiger partial charge in [-0.2, -0.15) is 0 Å². The molecule has 0 radical (unpaired) electrons. The molecule has 0 saturated carbocycles. The van der Waals surface area contributed by atoms with Crippen LogP contribution in [0, 0.1) is 5.92 Å². The molecule has 1 atom stereocenters. The van der Waals surface area contributed by atoms with Gasteiger partial charge in [-0.1, -0.05) is 117 Å². The van der Waals surface area contributed by atoms with Crippen molar-refractivity contribution in [3.8, 4) is 0 Å². The molecular formula is C23H47NO2. The van der Waals surface area contributed by atoms with Crippen LogP contribution in [0.15, 0.2) is 0 Å². The van der Waals surface area contributed by atoms with E-state index in [-0.39, 0.29) is 11.9 Å². The molecule has 0 aliphatic heterocycles.